The fraction of sp³-hybridized carbons (Fsp3) is 0.300. The lowest BCUT2D eigenvalue weighted by atomic mass is 10.1. The quantitative estimate of drug-likeness (QED) is 0.424. The maximum absolute atomic E-state index is 13.1. The Labute approximate surface area is 165 Å². The number of halogens is 1. The van der Waals surface area contributed by atoms with E-state index in [-0.39, 0.29) is 10.9 Å². The highest BCUT2D eigenvalue weighted by Crippen LogP contribution is 2.26. The molecule has 0 atom stereocenters. The molecule has 0 bridgehead atoms. The SMILES string of the molecule is CCN(CC)c1ccc(C=NN(C)C(N)=S)c(OCc2ccc(F)cc2)c1. The number of anilines is 1. The Hall–Kier alpha value is -2.67. The number of nitrogens with two attached hydrogens (primary N) is 1. The molecule has 0 amide bonds. The van der Waals surface area contributed by atoms with E-state index in [1.54, 1.807) is 25.4 Å². The lowest BCUT2D eigenvalue weighted by Crippen LogP contribution is -2.27. The van der Waals surface area contributed by atoms with Crippen molar-refractivity contribution in [2.45, 2.75) is 20.5 Å². The van der Waals surface area contributed by atoms with Gasteiger partial charge in [-0.3, -0.25) is 0 Å². The summed E-state index contributed by atoms with van der Waals surface area (Å²) in [6.45, 7) is 6.33. The normalized spacial score (nSPS) is 10.8. The van der Waals surface area contributed by atoms with Gasteiger partial charge in [-0.05, 0) is 55.9 Å². The summed E-state index contributed by atoms with van der Waals surface area (Å²) in [5.41, 5.74) is 8.31. The lowest BCUT2D eigenvalue weighted by molar-refractivity contribution is 0.305. The highest BCUT2D eigenvalue weighted by molar-refractivity contribution is 7.80. The van der Waals surface area contributed by atoms with Crippen molar-refractivity contribution in [3.8, 4) is 5.75 Å². The predicted molar refractivity (Wildman–Crippen MR) is 113 cm³/mol. The van der Waals surface area contributed by atoms with Gasteiger partial charge in [0, 0.05) is 37.5 Å². The Kier molecular flexibility index (Phi) is 7.55. The minimum atomic E-state index is -0.268. The molecule has 2 rings (SSSR count). The second kappa shape index (κ2) is 9.87. The van der Waals surface area contributed by atoms with Crippen LogP contribution in [0.5, 0.6) is 5.75 Å². The van der Waals surface area contributed by atoms with Crippen LogP contribution < -0.4 is 15.4 Å². The van der Waals surface area contributed by atoms with Crippen molar-refractivity contribution >= 4 is 29.2 Å². The Morgan fingerprint density at radius 2 is 1.85 bits per heavy atom. The van der Waals surface area contributed by atoms with E-state index in [0.717, 1.165) is 29.9 Å². The largest absolute Gasteiger partial charge is 0.488 e. The van der Waals surface area contributed by atoms with Gasteiger partial charge in [-0.25, -0.2) is 9.40 Å². The summed E-state index contributed by atoms with van der Waals surface area (Å²) in [6.07, 6.45) is 1.66. The number of rotatable bonds is 8. The summed E-state index contributed by atoms with van der Waals surface area (Å²) < 4.78 is 19.1. The molecule has 2 aromatic rings. The summed E-state index contributed by atoms with van der Waals surface area (Å²) in [5.74, 6) is 0.416. The van der Waals surface area contributed by atoms with Crippen molar-refractivity contribution in [1.82, 2.24) is 5.01 Å². The first-order chi connectivity index (χ1) is 12.9. The minimum absolute atomic E-state index is 0.180. The molecule has 0 radical (unpaired) electrons. The van der Waals surface area contributed by atoms with Gasteiger partial charge < -0.3 is 15.4 Å². The van der Waals surface area contributed by atoms with Gasteiger partial charge in [0.2, 0.25) is 0 Å². The number of thiocarbonyl (C=S) groups is 1. The molecule has 0 saturated heterocycles. The molecule has 0 saturated carbocycles. The average Bonchev–Trinajstić information content (AvgIpc) is 2.67. The Bertz CT molecular complexity index is 791. The summed E-state index contributed by atoms with van der Waals surface area (Å²) >= 11 is 4.90. The van der Waals surface area contributed by atoms with Gasteiger partial charge in [-0.1, -0.05) is 12.1 Å². The zero-order valence-electron chi connectivity index (χ0n) is 15.9. The summed E-state index contributed by atoms with van der Waals surface area (Å²) in [4.78, 5) is 2.23. The van der Waals surface area contributed by atoms with E-state index in [9.17, 15) is 4.39 Å². The molecule has 0 spiro atoms. The fourth-order valence-electron chi connectivity index (χ4n) is 2.49. The molecule has 0 aliphatic heterocycles. The molecule has 0 fully saturated rings. The minimum Gasteiger partial charge on any atom is -0.488 e. The van der Waals surface area contributed by atoms with Crippen LogP contribution in [-0.4, -0.2) is 36.5 Å². The van der Waals surface area contributed by atoms with Crippen LogP contribution in [0.4, 0.5) is 10.1 Å². The van der Waals surface area contributed by atoms with E-state index in [1.165, 1.54) is 17.1 Å². The standard InChI is InChI=1S/C20H25FN4OS/c1-4-25(5-2)18-11-8-16(13-23-24(3)20(22)27)19(12-18)26-14-15-6-9-17(21)10-7-15/h6-13H,4-5,14H2,1-3H3,(H2,22,27). The van der Waals surface area contributed by atoms with Crippen LogP contribution in [0.15, 0.2) is 47.6 Å². The Morgan fingerprint density at radius 1 is 1.19 bits per heavy atom. The van der Waals surface area contributed by atoms with Crippen molar-refractivity contribution in [3.63, 3.8) is 0 Å². The van der Waals surface area contributed by atoms with E-state index >= 15 is 0 Å². The molecule has 0 aromatic heterocycles. The van der Waals surface area contributed by atoms with E-state index in [0.29, 0.717) is 12.4 Å². The molecule has 0 aliphatic carbocycles. The molecule has 144 valence electrons. The third-order valence-corrected chi connectivity index (χ3v) is 4.39. The second-order valence-electron chi connectivity index (χ2n) is 5.92. The van der Waals surface area contributed by atoms with E-state index in [4.69, 9.17) is 22.7 Å². The smallest absolute Gasteiger partial charge is 0.186 e. The van der Waals surface area contributed by atoms with Crippen LogP contribution in [0, 0.1) is 5.82 Å². The van der Waals surface area contributed by atoms with E-state index in [2.05, 4.69) is 23.8 Å². The lowest BCUT2D eigenvalue weighted by Gasteiger charge is -2.22. The van der Waals surface area contributed by atoms with Crippen LogP contribution in [-0.2, 0) is 6.61 Å². The van der Waals surface area contributed by atoms with Crippen molar-refractivity contribution < 1.29 is 9.13 Å². The summed E-state index contributed by atoms with van der Waals surface area (Å²) in [7, 11) is 1.68. The molecule has 27 heavy (non-hydrogen) atoms. The Morgan fingerprint density at radius 3 is 2.44 bits per heavy atom. The van der Waals surface area contributed by atoms with E-state index < -0.39 is 0 Å². The molecule has 5 nitrogen and oxygen atoms in total. The average molecular weight is 389 g/mol. The first-order valence-corrected chi connectivity index (χ1v) is 9.18. The number of benzene rings is 2. The second-order valence-corrected chi connectivity index (χ2v) is 6.33. The van der Waals surface area contributed by atoms with Gasteiger partial charge in [-0.15, -0.1) is 0 Å². The molecular weight excluding hydrogens is 363 g/mol. The number of hydrogen-bond donors (Lipinski definition) is 1. The monoisotopic (exact) mass is 388 g/mol. The highest BCUT2D eigenvalue weighted by atomic mass is 32.1. The highest BCUT2D eigenvalue weighted by Gasteiger charge is 2.09. The maximum Gasteiger partial charge on any atom is 0.186 e. The van der Waals surface area contributed by atoms with Crippen molar-refractivity contribution in [2.24, 2.45) is 10.8 Å². The van der Waals surface area contributed by atoms with Crippen LogP contribution in [0.1, 0.15) is 25.0 Å². The van der Waals surface area contributed by atoms with Crippen molar-refractivity contribution in [1.29, 1.82) is 0 Å². The topological polar surface area (TPSA) is 54.1 Å². The third-order valence-electron chi connectivity index (χ3n) is 4.12. The van der Waals surface area contributed by atoms with Crippen LogP contribution in [0.2, 0.25) is 0 Å². The van der Waals surface area contributed by atoms with Crippen LogP contribution in [0.3, 0.4) is 0 Å². The maximum atomic E-state index is 13.1. The predicted octanol–water partition coefficient (Wildman–Crippen LogP) is 3.76. The van der Waals surface area contributed by atoms with E-state index in [1.807, 2.05) is 18.2 Å². The van der Waals surface area contributed by atoms with Crippen molar-refractivity contribution in [3.05, 3.63) is 59.4 Å². The van der Waals surface area contributed by atoms with Gasteiger partial charge in [0.05, 0.1) is 6.21 Å². The van der Waals surface area contributed by atoms with Gasteiger partial charge in [0.25, 0.3) is 0 Å². The zero-order chi connectivity index (χ0) is 19.8. The fourth-order valence-corrected chi connectivity index (χ4v) is 2.53. The van der Waals surface area contributed by atoms with Gasteiger partial charge in [-0.2, -0.15) is 5.10 Å². The summed E-state index contributed by atoms with van der Waals surface area (Å²) in [6, 6.07) is 12.2. The molecule has 0 unspecified atom stereocenters. The number of hydrogen-bond acceptors (Lipinski definition) is 4. The first kappa shape index (κ1) is 20.6. The summed E-state index contributed by atoms with van der Waals surface area (Å²) in [5, 5.41) is 5.83. The molecule has 2 N–H and O–H groups in total. The first-order valence-electron chi connectivity index (χ1n) is 8.78. The van der Waals surface area contributed by atoms with Crippen LogP contribution in [0.25, 0.3) is 0 Å². The van der Waals surface area contributed by atoms with Gasteiger partial charge >= 0.3 is 0 Å². The number of hydrazone groups is 1. The van der Waals surface area contributed by atoms with Crippen LogP contribution >= 0.6 is 12.2 Å². The molecule has 0 heterocycles. The number of ether oxygens (including phenoxy) is 1. The molecule has 0 aliphatic rings. The van der Waals surface area contributed by atoms with Gasteiger partial charge in [0.1, 0.15) is 18.2 Å². The third kappa shape index (κ3) is 5.92. The molecular formula is C20H25FN4OS. The molecule has 2 aromatic carbocycles. The molecule has 7 heteroatoms. The van der Waals surface area contributed by atoms with Gasteiger partial charge in [0.15, 0.2) is 5.11 Å². The zero-order valence-corrected chi connectivity index (χ0v) is 16.7. The van der Waals surface area contributed by atoms with Crippen molar-refractivity contribution in [2.75, 3.05) is 25.0 Å². The number of nitrogens with zero attached hydrogens (tertiary/aromatic N) is 3. The Balaban J connectivity index is 2.28.